The van der Waals surface area contributed by atoms with Crippen molar-refractivity contribution in [2.75, 3.05) is 0 Å². The van der Waals surface area contributed by atoms with Crippen molar-refractivity contribution in [1.82, 2.24) is 9.78 Å². The Morgan fingerprint density at radius 2 is 2.15 bits per heavy atom. The molecular weight excluding hydrogens is 254 g/mol. The van der Waals surface area contributed by atoms with E-state index in [0.717, 1.165) is 36.1 Å². The van der Waals surface area contributed by atoms with E-state index in [1.54, 1.807) is 4.68 Å². The molecule has 0 saturated heterocycles. The van der Waals surface area contributed by atoms with Gasteiger partial charge in [0, 0.05) is 17.3 Å². The van der Waals surface area contributed by atoms with Crippen molar-refractivity contribution in [2.45, 2.75) is 31.8 Å². The molecule has 1 aliphatic carbocycles. The summed E-state index contributed by atoms with van der Waals surface area (Å²) >= 11 is 0. The van der Waals surface area contributed by atoms with Crippen LogP contribution in [-0.4, -0.2) is 20.9 Å². The molecular formula is C15H17N3O2. The first-order chi connectivity index (χ1) is 9.66. The molecule has 20 heavy (non-hydrogen) atoms. The highest BCUT2D eigenvalue weighted by atomic mass is 16.4. The van der Waals surface area contributed by atoms with Crippen LogP contribution in [0.5, 0.6) is 0 Å². The van der Waals surface area contributed by atoms with E-state index in [2.05, 4.69) is 5.10 Å². The summed E-state index contributed by atoms with van der Waals surface area (Å²) < 4.78 is 1.80. The van der Waals surface area contributed by atoms with Crippen LogP contribution in [0.2, 0.25) is 0 Å². The Morgan fingerprint density at radius 1 is 1.40 bits per heavy atom. The topological polar surface area (TPSA) is 81.1 Å². The molecule has 0 fully saturated rings. The Kier molecular flexibility index (Phi) is 3.28. The molecule has 0 amide bonds. The van der Waals surface area contributed by atoms with Gasteiger partial charge in [-0.3, -0.25) is 4.68 Å². The maximum Gasteiger partial charge on any atom is 0.356 e. The zero-order valence-electron chi connectivity index (χ0n) is 11.1. The first kappa shape index (κ1) is 12.9. The summed E-state index contributed by atoms with van der Waals surface area (Å²) in [5.74, 6) is -0.995. The minimum absolute atomic E-state index is 0.114. The molecule has 3 N–H and O–H groups in total. The number of fused-ring (bicyclic) bond motifs is 1. The maximum absolute atomic E-state index is 11.4. The zero-order valence-corrected chi connectivity index (χ0v) is 11.1. The van der Waals surface area contributed by atoms with E-state index in [4.69, 9.17) is 5.73 Å². The molecule has 1 aromatic carbocycles. The highest BCUT2D eigenvalue weighted by Gasteiger charge is 2.29. The number of carbonyl (C=O) groups is 1. The van der Waals surface area contributed by atoms with Gasteiger partial charge in [-0.05, 0) is 24.8 Å². The third-order valence-corrected chi connectivity index (χ3v) is 3.78. The van der Waals surface area contributed by atoms with E-state index in [-0.39, 0.29) is 11.7 Å². The molecule has 0 spiro atoms. The number of aromatic nitrogens is 2. The number of rotatable bonds is 3. The lowest BCUT2D eigenvalue weighted by Crippen LogP contribution is -2.20. The molecule has 0 aliphatic heterocycles. The van der Waals surface area contributed by atoms with Gasteiger partial charge in [-0.15, -0.1) is 0 Å². The number of carboxylic acid groups (broad SMARTS) is 1. The van der Waals surface area contributed by atoms with E-state index in [1.165, 1.54) is 0 Å². The van der Waals surface area contributed by atoms with Gasteiger partial charge >= 0.3 is 5.97 Å². The molecule has 0 radical (unpaired) electrons. The van der Waals surface area contributed by atoms with Gasteiger partial charge in [-0.2, -0.15) is 5.10 Å². The second-order valence-electron chi connectivity index (χ2n) is 5.16. The Labute approximate surface area is 117 Å². The fourth-order valence-electron chi connectivity index (χ4n) is 2.84. The average Bonchev–Trinajstić information content (AvgIpc) is 2.81. The Balaban J connectivity index is 2.03. The normalized spacial score (nSPS) is 17.8. The number of aromatic carboxylic acids is 1. The van der Waals surface area contributed by atoms with Gasteiger partial charge in [0.1, 0.15) is 0 Å². The predicted octanol–water partition coefficient (Wildman–Crippen LogP) is 1.97. The largest absolute Gasteiger partial charge is 0.476 e. The minimum Gasteiger partial charge on any atom is -0.476 e. The van der Waals surface area contributed by atoms with E-state index in [1.807, 2.05) is 30.3 Å². The number of benzene rings is 1. The quantitative estimate of drug-likeness (QED) is 0.894. The zero-order chi connectivity index (χ0) is 14.1. The van der Waals surface area contributed by atoms with Crippen molar-refractivity contribution >= 4 is 5.97 Å². The van der Waals surface area contributed by atoms with Crippen molar-refractivity contribution in [3.8, 4) is 0 Å². The first-order valence-corrected chi connectivity index (χ1v) is 6.79. The van der Waals surface area contributed by atoms with Gasteiger partial charge in [0.25, 0.3) is 0 Å². The van der Waals surface area contributed by atoms with Crippen LogP contribution >= 0.6 is 0 Å². The van der Waals surface area contributed by atoms with Gasteiger partial charge in [-0.25, -0.2) is 4.79 Å². The summed E-state index contributed by atoms with van der Waals surface area (Å²) in [5.41, 5.74) is 8.99. The molecule has 104 valence electrons. The van der Waals surface area contributed by atoms with Crippen LogP contribution in [0.3, 0.4) is 0 Å². The van der Waals surface area contributed by atoms with Gasteiger partial charge in [-0.1, -0.05) is 30.3 Å². The van der Waals surface area contributed by atoms with Gasteiger partial charge in [0.05, 0.1) is 6.54 Å². The lowest BCUT2D eigenvalue weighted by molar-refractivity contribution is 0.0687. The summed E-state index contributed by atoms with van der Waals surface area (Å²) in [4.78, 5) is 11.4. The fourth-order valence-corrected chi connectivity index (χ4v) is 2.84. The summed E-state index contributed by atoms with van der Waals surface area (Å²) in [6, 6.07) is 9.70. The number of carboxylic acids is 1. The van der Waals surface area contributed by atoms with E-state index >= 15 is 0 Å². The van der Waals surface area contributed by atoms with Crippen molar-refractivity contribution < 1.29 is 9.90 Å². The van der Waals surface area contributed by atoms with Crippen LogP contribution < -0.4 is 5.73 Å². The molecule has 5 nitrogen and oxygen atoms in total. The van der Waals surface area contributed by atoms with Crippen LogP contribution in [0.4, 0.5) is 0 Å². The molecule has 0 saturated carbocycles. The lowest BCUT2D eigenvalue weighted by Gasteiger charge is -2.20. The average molecular weight is 271 g/mol. The molecule has 2 aromatic rings. The maximum atomic E-state index is 11.4. The molecule has 5 heteroatoms. The van der Waals surface area contributed by atoms with Crippen molar-refractivity contribution in [3.05, 3.63) is 52.8 Å². The summed E-state index contributed by atoms with van der Waals surface area (Å²) in [6.45, 7) is 0.586. The van der Waals surface area contributed by atoms with Gasteiger partial charge < -0.3 is 10.8 Å². The fraction of sp³-hybridized carbons (Fsp3) is 0.333. The standard InChI is InChI=1S/C15H17N3O2/c16-11-7-4-8-12-13(11)14(15(19)20)17-18(12)9-10-5-2-1-3-6-10/h1-3,5-6,11H,4,7-9,16H2,(H,19,20). The number of hydrogen-bond acceptors (Lipinski definition) is 3. The Hall–Kier alpha value is -2.14. The number of nitrogens with two attached hydrogens (primary N) is 1. The molecule has 1 aromatic heterocycles. The molecule has 1 unspecified atom stereocenters. The Morgan fingerprint density at radius 3 is 2.85 bits per heavy atom. The molecule has 1 atom stereocenters. The van der Waals surface area contributed by atoms with Crippen LogP contribution in [0, 0.1) is 0 Å². The first-order valence-electron chi connectivity index (χ1n) is 6.79. The third-order valence-electron chi connectivity index (χ3n) is 3.78. The van der Waals surface area contributed by atoms with Crippen LogP contribution in [-0.2, 0) is 13.0 Å². The Bertz CT molecular complexity index is 634. The minimum atomic E-state index is -0.995. The van der Waals surface area contributed by atoms with Crippen LogP contribution in [0.25, 0.3) is 0 Å². The number of nitrogens with zero attached hydrogens (tertiary/aromatic N) is 2. The van der Waals surface area contributed by atoms with E-state index in [0.29, 0.717) is 6.54 Å². The molecule has 3 rings (SSSR count). The summed E-state index contributed by atoms with van der Waals surface area (Å²) in [6.07, 6.45) is 2.65. The number of hydrogen-bond donors (Lipinski definition) is 2. The monoisotopic (exact) mass is 271 g/mol. The SMILES string of the molecule is NC1CCCc2c1c(C(=O)O)nn2Cc1ccccc1. The van der Waals surface area contributed by atoms with Crippen LogP contribution in [0.1, 0.15) is 46.2 Å². The second kappa shape index (κ2) is 5.09. The highest BCUT2D eigenvalue weighted by Crippen LogP contribution is 2.31. The summed E-state index contributed by atoms with van der Waals surface area (Å²) in [5, 5.41) is 13.6. The highest BCUT2D eigenvalue weighted by molar-refractivity contribution is 5.87. The van der Waals surface area contributed by atoms with Crippen molar-refractivity contribution in [3.63, 3.8) is 0 Å². The smallest absolute Gasteiger partial charge is 0.356 e. The molecule has 1 aliphatic rings. The van der Waals surface area contributed by atoms with Gasteiger partial charge in [0.2, 0.25) is 0 Å². The van der Waals surface area contributed by atoms with Crippen molar-refractivity contribution in [2.24, 2.45) is 5.73 Å². The lowest BCUT2D eigenvalue weighted by atomic mass is 9.91. The second-order valence-corrected chi connectivity index (χ2v) is 5.16. The van der Waals surface area contributed by atoms with E-state index < -0.39 is 5.97 Å². The van der Waals surface area contributed by atoms with Gasteiger partial charge in [0.15, 0.2) is 5.69 Å². The van der Waals surface area contributed by atoms with Crippen LogP contribution in [0.15, 0.2) is 30.3 Å². The third kappa shape index (κ3) is 2.20. The van der Waals surface area contributed by atoms with Crippen molar-refractivity contribution in [1.29, 1.82) is 0 Å². The predicted molar refractivity (Wildman–Crippen MR) is 74.6 cm³/mol. The molecule has 0 bridgehead atoms. The summed E-state index contributed by atoms with van der Waals surface area (Å²) in [7, 11) is 0. The van der Waals surface area contributed by atoms with E-state index in [9.17, 15) is 9.90 Å². The molecule has 1 heterocycles.